The lowest BCUT2D eigenvalue weighted by molar-refractivity contribution is 0.785. The molecule has 0 amide bonds. The lowest BCUT2D eigenvalue weighted by Gasteiger charge is -2.11. The van der Waals surface area contributed by atoms with Crippen LogP contribution in [0.4, 0.5) is 0 Å². The Morgan fingerprint density at radius 1 is 0.800 bits per heavy atom. The summed E-state index contributed by atoms with van der Waals surface area (Å²) in [6, 6.07) is 15.6. The van der Waals surface area contributed by atoms with Gasteiger partial charge in [-0.3, -0.25) is 4.79 Å². The van der Waals surface area contributed by atoms with E-state index in [4.69, 9.17) is 0 Å². The van der Waals surface area contributed by atoms with Gasteiger partial charge in [0.25, 0.3) is 5.56 Å². The average molecular weight is 330 g/mol. The fraction of sp³-hybridized carbons (Fsp3) is 0.150. The lowest BCUT2D eigenvalue weighted by Crippen LogP contribution is -2.24. The van der Waals surface area contributed by atoms with E-state index in [-0.39, 0.29) is 5.56 Å². The van der Waals surface area contributed by atoms with Crippen molar-refractivity contribution in [2.45, 2.75) is 20.8 Å². The van der Waals surface area contributed by atoms with Crippen LogP contribution in [0.5, 0.6) is 0 Å². The molecule has 0 N–H and O–H groups in total. The first-order valence-corrected chi connectivity index (χ1v) is 8.17. The third kappa shape index (κ3) is 2.36. The molecule has 0 spiro atoms. The number of para-hydroxylation sites is 2. The fourth-order valence-electron chi connectivity index (χ4n) is 3.12. The topological polar surface area (TPSA) is 52.7 Å². The van der Waals surface area contributed by atoms with Crippen molar-refractivity contribution in [2.24, 2.45) is 0 Å². The quantitative estimate of drug-likeness (QED) is 0.565. The van der Waals surface area contributed by atoms with E-state index < -0.39 is 0 Å². The van der Waals surface area contributed by atoms with Gasteiger partial charge in [-0.15, -0.1) is 0 Å². The Kier molecular flexibility index (Phi) is 3.50. The van der Waals surface area contributed by atoms with Gasteiger partial charge in [0.05, 0.1) is 23.3 Å². The van der Waals surface area contributed by atoms with Crippen molar-refractivity contribution in [2.75, 3.05) is 0 Å². The molecule has 0 atom stereocenters. The molecule has 0 radical (unpaired) electrons. The molecular weight excluding hydrogens is 312 g/mol. The Morgan fingerprint density at radius 3 is 1.96 bits per heavy atom. The molecule has 0 unspecified atom stereocenters. The Morgan fingerprint density at radius 2 is 1.36 bits per heavy atom. The van der Waals surface area contributed by atoms with Crippen molar-refractivity contribution in [1.29, 1.82) is 0 Å². The van der Waals surface area contributed by atoms with Crippen LogP contribution in [-0.4, -0.2) is 19.6 Å². The van der Waals surface area contributed by atoms with E-state index in [1.807, 2.05) is 69.3 Å². The summed E-state index contributed by atoms with van der Waals surface area (Å²) >= 11 is 0. The number of benzene rings is 2. The van der Waals surface area contributed by atoms with Crippen LogP contribution in [0.2, 0.25) is 0 Å². The van der Waals surface area contributed by atoms with Crippen molar-refractivity contribution in [1.82, 2.24) is 19.6 Å². The minimum atomic E-state index is -0.171. The van der Waals surface area contributed by atoms with Gasteiger partial charge in [0.2, 0.25) is 0 Å². The first-order chi connectivity index (χ1) is 12.1. The van der Waals surface area contributed by atoms with Gasteiger partial charge in [0.1, 0.15) is 5.52 Å². The molecule has 0 aliphatic heterocycles. The highest BCUT2D eigenvalue weighted by molar-refractivity contribution is 5.81. The molecule has 5 nitrogen and oxygen atoms in total. The largest absolute Gasteiger partial charge is 0.298 e. The predicted molar refractivity (Wildman–Crippen MR) is 98.7 cm³/mol. The molecule has 0 fully saturated rings. The molecule has 0 saturated heterocycles. The van der Waals surface area contributed by atoms with Gasteiger partial charge in [-0.05, 0) is 44.0 Å². The summed E-state index contributed by atoms with van der Waals surface area (Å²) in [5, 5.41) is 9.76. The van der Waals surface area contributed by atoms with E-state index in [0.29, 0.717) is 5.52 Å². The minimum Gasteiger partial charge on any atom is -0.265 e. The van der Waals surface area contributed by atoms with Crippen molar-refractivity contribution in [3.8, 4) is 11.4 Å². The van der Waals surface area contributed by atoms with Crippen molar-refractivity contribution < 1.29 is 0 Å². The second-order valence-electron chi connectivity index (χ2n) is 6.19. The summed E-state index contributed by atoms with van der Waals surface area (Å²) in [6.07, 6.45) is 1.72. The predicted octanol–water partition coefficient (Wildman–Crippen LogP) is 3.50. The molecule has 4 rings (SSSR count). The normalized spacial score (nSPS) is 11.2. The second kappa shape index (κ2) is 5.70. The Hall–Kier alpha value is -3.21. The number of hydrogen-bond donors (Lipinski definition) is 0. The van der Waals surface area contributed by atoms with Gasteiger partial charge in [-0.25, -0.2) is 4.68 Å². The van der Waals surface area contributed by atoms with Crippen molar-refractivity contribution in [3.05, 3.63) is 81.9 Å². The van der Waals surface area contributed by atoms with Crippen LogP contribution in [0.1, 0.15) is 16.8 Å². The molecule has 4 aromatic rings. The molecule has 0 saturated carbocycles. The molecular formula is C20H18N4O. The van der Waals surface area contributed by atoms with Crippen LogP contribution in [0.25, 0.3) is 22.3 Å². The third-order valence-corrected chi connectivity index (χ3v) is 4.49. The highest BCUT2D eigenvalue weighted by atomic mass is 16.1. The molecule has 0 bridgehead atoms. The minimum absolute atomic E-state index is 0.171. The molecule has 124 valence electrons. The van der Waals surface area contributed by atoms with Gasteiger partial charge in [0.15, 0.2) is 0 Å². The summed E-state index contributed by atoms with van der Waals surface area (Å²) < 4.78 is 3.19. The number of hydrogen-bond acceptors (Lipinski definition) is 3. The van der Waals surface area contributed by atoms with E-state index in [2.05, 4.69) is 10.2 Å². The van der Waals surface area contributed by atoms with E-state index in [9.17, 15) is 4.79 Å². The SMILES string of the molecule is Cc1ccccc1-n1nc(C)c2cnn(-c3ccccc3C)c2c1=O. The zero-order valence-corrected chi connectivity index (χ0v) is 14.4. The van der Waals surface area contributed by atoms with Crippen LogP contribution in [-0.2, 0) is 0 Å². The first-order valence-electron chi connectivity index (χ1n) is 8.17. The number of aryl methyl sites for hydroxylation is 3. The van der Waals surface area contributed by atoms with Gasteiger partial charge in [-0.2, -0.15) is 14.9 Å². The maximum Gasteiger partial charge on any atom is 0.298 e. The molecule has 5 heteroatoms. The molecule has 0 aliphatic rings. The monoisotopic (exact) mass is 330 g/mol. The van der Waals surface area contributed by atoms with Gasteiger partial charge in [0, 0.05) is 5.39 Å². The molecule has 0 aliphatic carbocycles. The standard InChI is InChI=1S/C20H18N4O/c1-13-8-4-6-10-17(13)23-19-16(12-21-23)15(3)22-24(20(19)25)18-11-7-5-9-14(18)2/h4-12H,1-3H3. The van der Waals surface area contributed by atoms with E-state index >= 15 is 0 Å². The van der Waals surface area contributed by atoms with Gasteiger partial charge in [-0.1, -0.05) is 36.4 Å². The zero-order chi connectivity index (χ0) is 17.6. The van der Waals surface area contributed by atoms with Crippen LogP contribution in [0.15, 0.2) is 59.5 Å². The Labute approximate surface area is 145 Å². The van der Waals surface area contributed by atoms with E-state index in [1.54, 1.807) is 10.9 Å². The highest BCUT2D eigenvalue weighted by Gasteiger charge is 2.17. The second-order valence-corrected chi connectivity index (χ2v) is 6.19. The number of rotatable bonds is 2. The summed E-state index contributed by atoms with van der Waals surface area (Å²) in [7, 11) is 0. The first kappa shape index (κ1) is 15.3. The van der Waals surface area contributed by atoms with Crippen molar-refractivity contribution in [3.63, 3.8) is 0 Å². The van der Waals surface area contributed by atoms with Gasteiger partial charge >= 0.3 is 0 Å². The number of fused-ring (bicyclic) bond motifs is 1. The fourth-order valence-corrected chi connectivity index (χ4v) is 3.12. The van der Waals surface area contributed by atoms with Crippen LogP contribution < -0.4 is 5.56 Å². The molecule has 25 heavy (non-hydrogen) atoms. The third-order valence-electron chi connectivity index (χ3n) is 4.49. The zero-order valence-electron chi connectivity index (χ0n) is 14.4. The van der Waals surface area contributed by atoms with Crippen LogP contribution in [0.3, 0.4) is 0 Å². The summed E-state index contributed by atoms with van der Waals surface area (Å²) in [6.45, 7) is 5.89. The van der Waals surface area contributed by atoms with E-state index in [1.165, 1.54) is 4.68 Å². The Balaban J connectivity index is 2.09. The highest BCUT2D eigenvalue weighted by Crippen LogP contribution is 2.21. The van der Waals surface area contributed by atoms with Crippen LogP contribution in [0, 0.1) is 20.8 Å². The summed E-state index contributed by atoms with van der Waals surface area (Å²) in [4.78, 5) is 13.2. The van der Waals surface area contributed by atoms with Gasteiger partial charge < -0.3 is 0 Å². The Bertz CT molecular complexity index is 1150. The number of aromatic nitrogens is 4. The molecule has 2 aromatic carbocycles. The summed E-state index contributed by atoms with van der Waals surface area (Å²) in [5.74, 6) is 0. The smallest absolute Gasteiger partial charge is 0.265 e. The van der Waals surface area contributed by atoms with E-state index in [0.717, 1.165) is 33.6 Å². The lowest BCUT2D eigenvalue weighted by atomic mass is 10.2. The molecule has 2 heterocycles. The summed E-state index contributed by atoms with van der Waals surface area (Å²) in [5.41, 5.74) is 4.89. The average Bonchev–Trinajstić information content (AvgIpc) is 3.05. The number of nitrogens with zero attached hydrogens (tertiary/aromatic N) is 4. The van der Waals surface area contributed by atoms with Crippen LogP contribution >= 0.6 is 0 Å². The molecule has 2 aromatic heterocycles. The maximum atomic E-state index is 13.2. The maximum absolute atomic E-state index is 13.2. The van der Waals surface area contributed by atoms with Crippen molar-refractivity contribution >= 4 is 10.9 Å².